The number of aryl methyl sites for hydroxylation is 1. The maximum absolute atomic E-state index is 12.6. The predicted octanol–water partition coefficient (Wildman–Crippen LogP) is 3.94. The highest BCUT2D eigenvalue weighted by Gasteiger charge is 2.31. The lowest BCUT2D eigenvalue weighted by Crippen LogP contribution is -2.12. The van der Waals surface area contributed by atoms with E-state index in [2.05, 4.69) is 4.98 Å². The van der Waals surface area contributed by atoms with E-state index in [-0.39, 0.29) is 40.2 Å². The van der Waals surface area contributed by atoms with Gasteiger partial charge in [-0.2, -0.15) is 13.2 Å². The van der Waals surface area contributed by atoms with Crippen LogP contribution in [0, 0.1) is 0 Å². The Bertz CT molecular complexity index is 804. The van der Waals surface area contributed by atoms with Crippen molar-refractivity contribution in [2.75, 3.05) is 0 Å². The fourth-order valence-corrected chi connectivity index (χ4v) is 2.57. The minimum atomic E-state index is -4.58. The molecule has 25 heavy (non-hydrogen) atoms. The lowest BCUT2D eigenvalue weighted by molar-refractivity contribution is -0.137. The van der Waals surface area contributed by atoms with E-state index in [1.54, 1.807) is 0 Å². The second kappa shape index (κ2) is 7.10. The number of hydrogen-bond acceptors (Lipinski definition) is 3. The summed E-state index contributed by atoms with van der Waals surface area (Å²) in [5.41, 5.74) is -1.21. The number of rotatable bonds is 5. The van der Waals surface area contributed by atoms with Crippen LogP contribution in [0.4, 0.5) is 13.2 Å². The number of alkyl halides is 3. The summed E-state index contributed by atoms with van der Waals surface area (Å²) < 4.78 is 37.8. The Balaban J connectivity index is 2.33. The van der Waals surface area contributed by atoms with Gasteiger partial charge in [0, 0.05) is 6.20 Å². The van der Waals surface area contributed by atoms with E-state index in [1.165, 1.54) is 18.2 Å². The molecule has 0 fully saturated rings. The first-order chi connectivity index (χ1) is 11.6. The number of carbonyl (C=O) groups is 2. The average Bonchev–Trinajstić information content (AvgIpc) is 2.52. The van der Waals surface area contributed by atoms with E-state index in [4.69, 9.17) is 11.6 Å². The van der Waals surface area contributed by atoms with Gasteiger partial charge in [0.05, 0.1) is 27.4 Å². The Morgan fingerprint density at radius 3 is 2.08 bits per heavy atom. The molecule has 0 aliphatic heterocycles. The number of pyridine rings is 1. The molecule has 5 nitrogen and oxygen atoms in total. The molecule has 0 saturated heterocycles. The van der Waals surface area contributed by atoms with Gasteiger partial charge in [0.1, 0.15) is 0 Å². The number of halogens is 4. The molecular formula is C16H11ClF3NO4. The first-order valence-electron chi connectivity index (χ1n) is 6.91. The Labute approximate surface area is 144 Å². The van der Waals surface area contributed by atoms with Crippen LogP contribution in [0.15, 0.2) is 30.5 Å². The highest BCUT2D eigenvalue weighted by molar-refractivity contribution is 6.31. The van der Waals surface area contributed by atoms with Crippen LogP contribution in [0.3, 0.4) is 0 Å². The Morgan fingerprint density at radius 2 is 1.64 bits per heavy atom. The molecule has 1 aromatic carbocycles. The van der Waals surface area contributed by atoms with Crippen molar-refractivity contribution in [1.29, 1.82) is 0 Å². The lowest BCUT2D eigenvalue weighted by atomic mass is 9.96. The molecule has 1 aromatic heterocycles. The molecule has 2 N–H and O–H groups in total. The minimum Gasteiger partial charge on any atom is -0.478 e. The number of carboxylic acids is 2. The molecule has 0 aliphatic rings. The molecule has 0 bridgehead atoms. The van der Waals surface area contributed by atoms with Crippen LogP contribution in [-0.2, 0) is 19.0 Å². The summed E-state index contributed by atoms with van der Waals surface area (Å²) in [6, 6.07) is 4.54. The number of aromatic carboxylic acids is 2. The topological polar surface area (TPSA) is 87.5 Å². The summed E-state index contributed by atoms with van der Waals surface area (Å²) in [5, 5.41) is 18.2. The molecule has 0 amide bonds. The number of nitrogens with zero attached hydrogens (tertiary/aromatic N) is 1. The van der Waals surface area contributed by atoms with E-state index in [9.17, 15) is 33.0 Å². The maximum atomic E-state index is 12.6. The fraction of sp³-hybridized carbons (Fsp3) is 0.188. The molecule has 0 radical (unpaired) electrons. The number of hydrogen-bond donors (Lipinski definition) is 2. The van der Waals surface area contributed by atoms with E-state index >= 15 is 0 Å². The van der Waals surface area contributed by atoms with Crippen LogP contribution >= 0.6 is 11.6 Å². The van der Waals surface area contributed by atoms with Gasteiger partial charge < -0.3 is 10.2 Å². The lowest BCUT2D eigenvalue weighted by Gasteiger charge is -2.12. The molecule has 2 aromatic rings. The average molecular weight is 374 g/mol. The third-order valence-electron chi connectivity index (χ3n) is 3.49. The van der Waals surface area contributed by atoms with Gasteiger partial charge in [-0.25, -0.2) is 9.59 Å². The van der Waals surface area contributed by atoms with E-state index < -0.39 is 23.7 Å². The molecule has 1 heterocycles. The van der Waals surface area contributed by atoms with Crippen LogP contribution in [0.5, 0.6) is 0 Å². The molecule has 0 atom stereocenters. The fourth-order valence-electron chi connectivity index (χ4n) is 2.31. The highest BCUT2D eigenvalue weighted by atomic mass is 35.5. The predicted molar refractivity (Wildman–Crippen MR) is 82.0 cm³/mol. The van der Waals surface area contributed by atoms with Crippen molar-refractivity contribution in [3.05, 3.63) is 63.4 Å². The summed E-state index contributed by atoms with van der Waals surface area (Å²) in [6.45, 7) is 0. The van der Waals surface area contributed by atoms with Crippen LogP contribution in [0.2, 0.25) is 5.02 Å². The van der Waals surface area contributed by atoms with Gasteiger partial charge in [-0.1, -0.05) is 17.7 Å². The Morgan fingerprint density at radius 1 is 1.08 bits per heavy atom. The van der Waals surface area contributed by atoms with Gasteiger partial charge >= 0.3 is 18.1 Å². The van der Waals surface area contributed by atoms with Gasteiger partial charge in [-0.3, -0.25) is 4.98 Å². The van der Waals surface area contributed by atoms with Gasteiger partial charge in [0.15, 0.2) is 0 Å². The molecule has 0 unspecified atom stereocenters. The normalized spacial score (nSPS) is 11.4. The zero-order valence-electron chi connectivity index (χ0n) is 12.5. The largest absolute Gasteiger partial charge is 0.478 e. The summed E-state index contributed by atoms with van der Waals surface area (Å²) in [7, 11) is 0. The SMILES string of the molecule is O=C(O)c1cccc(C(=O)O)c1CCc1ncc(C(F)(F)F)cc1Cl. The third kappa shape index (κ3) is 4.27. The quantitative estimate of drug-likeness (QED) is 0.829. The molecule has 132 valence electrons. The van der Waals surface area contributed by atoms with Gasteiger partial charge in [-0.05, 0) is 36.6 Å². The summed E-state index contributed by atoms with van der Waals surface area (Å²) in [6.07, 6.45) is -4.02. The molecule has 0 aliphatic carbocycles. The monoisotopic (exact) mass is 373 g/mol. The third-order valence-corrected chi connectivity index (χ3v) is 3.82. The first kappa shape index (κ1) is 18.7. The van der Waals surface area contributed by atoms with Crippen LogP contribution in [0.25, 0.3) is 0 Å². The van der Waals surface area contributed by atoms with Gasteiger partial charge in [-0.15, -0.1) is 0 Å². The molecular weight excluding hydrogens is 363 g/mol. The number of carboxylic acid groups (broad SMARTS) is 2. The Hall–Kier alpha value is -2.61. The maximum Gasteiger partial charge on any atom is 0.417 e. The van der Waals surface area contributed by atoms with Crippen LogP contribution < -0.4 is 0 Å². The molecule has 0 spiro atoms. The van der Waals surface area contributed by atoms with Crippen molar-refractivity contribution in [2.24, 2.45) is 0 Å². The second-order valence-electron chi connectivity index (χ2n) is 5.09. The van der Waals surface area contributed by atoms with Crippen molar-refractivity contribution in [3.8, 4) is 0 Å². The van der Waals surface area contributed by atoms with Crippen molar-refractivity contribution in [2.45, 2.75) is 19.0 Å². The van der Waals surface area contributed by atoms with Gasteiger partial charge in [0.2, 0.25) is 0 Å². The van der Waals surface area contributed by atoms with E-state index in [0.29, 0.717) is 6.20 Å². The van der Waals surface area contributed by atoms with Crippen LogP contribution in [-0.4, -0.2) is 27.1 Å². The molecule has 2 rings (SSSR count). The number of aromatic nitrogens is 1. The summed E-state index contributed by atoms with van der Waals surface area (Å²) in [5.74, 6) is -2.60. The van der Waals surface area contributed by atoms with Crippen molar-refractivity contribution in [1.82, 2.24) is 4.98 Å². The molecule has 9 heteroatoms. The standard InChI is InChI=1S/C16H11ClF3NO4/c17-12-6-8(16(18,19)20)7-21-13(12)5-4-9-10(14(22)23)2-1-3-11(9)15(24)25/h1-3,6-7H,4-5H2,(H,22,23)(H,24,25). The summed E-state index contributed by atoms with van der Waals surface area (Å²) >= 11 is 5.81. The number of benzene rings is 1. The second-order valence-corrected chi connectivity index (χ2v) is 5.50. The smallest absolute Gasteiger partial charge is 0.417 e. The van der Waals surface area contributed by atoms with E-state index in [1.807, 2.05) is 0 Å². The van der Waals surface area contributed by atoms with Crippen LogP contribution in [0.1, 0.15) is 37.5 Å². The van der Waals surface area contributed by atoms with Crippen molar-refractivity contribution in [3.63, 3.8) is 0 Å². The molecule has 0 saturated carbocycles. The summed E-state index contributed by atoms with van der Waals surface area (Å²) in [4.78, 5) is 26.2. The zero-order chi connectivity index (χ0) is 18.8. The minimum absolute atomic E-state index is 0.0124. The zero-order valence-corrected chi connectivity index (χ0v) is 13.2. The van der Waals surface area contributed by atoms with E-state index in [0.717, 1.165) is 6.07 Å². The van der Waals surface area contributed by atoms with Crippen molar-refractivity contribution < 1.29 is 33.0 Å². The van der Waals surface area contributed by atoms with Crippen molar-refractivity contribution >= 4 is 23.5 Å². The van der Waals surface area contributed by atoms with Gasteiger partial charge in [0.25, 0.3) is 0 Å². The Kier molecular flexibility index (Phi) is 5.32. The highest BCUT2D eigenvalue weighted by Crippen LogP contribution is 2.31. The first-order valence-corrected chi connectivity index (χ1v) is 7.29.